The Morgan fingerprint density at radius 2 is 1.77 bits per heavy atom. The number of likely N-dealkylation sites (N-methyl/N-ethyl adjacent to an activating group) is 1. The predicted octanol–water partition coefficient (Wildman–Crippen LogP) is 5.72. The highest BCUT2D eigenvalue weighted by Crippen LogP contribution is 2.46. The van der Waals surface area contributed by atoms with Gasteiger partial charge in [-0.15, -0.1) is 0 Å². The molecule has 3 aromatic carbocycles. The van der Waals surface area contributed by atoms with E-state index in [1.807, 2.05) is 24.3 Å². The molecule has 0 fully saturated rings. The van der Waals surface area contributed by atoms with Crippen LogP contribution in [-0.2, 0) is 16.8 Å². The SMILES string of the molecule is CN(C)CC(C)(c1ccc(F)cc1)C1OCc2cc(-c3ccc4ocnc4c3)ccc21. The van der Waals surface area contributed by atoms with E-state index < -0.39 is 0 Å². The number of rotatable bonds is 5. The number of benzene rings is 3. The zero-order valence-electron chi connectivity index (χ0n) is 17.9. The normalized spacial score (nSPS) is 17.8. The van der Waals surface area contributed by atoms with E-state index in [0.717, 1.165) is 34.3 Å². The van der Waals surface area contributed by atoms with Gasteiger partial charge in [-0.25, -0.2) is 9.37 Å². The molecule has 0 radical (unpaired) electrons. The van der Waals surface area contributed by atoms with E-state index in [1.165, 1.54) is 29.7 Å². The fourth-order valence-corrected chi connectivity index (χ4v) is 4.81. The lowest BCUT2D eigenvalue weighted by molar-refractivity contribution is 0.00203. The average Bonchev–Trinajstić information content (AvgIpc) is 3.39. The summed E-state index contributed by atoms with van der Waals surface area (Å²) in [5.41, 5.74) is 7.00. The van der Waals surface area contributed by atoms with E-state index in [9.17, 15) is 4.39 Å². The molecule has 0 saturated carbocycles. The molecule has 1 aliphatic rings. The van der Waals surface area contributed by atoms with Gasteiger partial charge < -0.3 is 14.1 Å². The third-order valence-corrected chi connectivity index (χ3v) is 6.22. The molecule has 0 amide bonds. The topological polar surface area (TPSA) is 38.5 Å². The van der Waals surface area contributed by atoms with E-state index >= 15 is 0 Å². The number of aromatic nitrogens is 1. The highest BCUT2D eigenvalue weighted by atomic mass is 19.1. The number of oxazole rings is 1. The van der Waals surface area contributed by atoms with Gasteiger partial charge in [0.25, 0.3) is 0 Å². The molecular weight excluding hydrogens is 391 g/mol. The molecule has 1 aromatic heterocycles. The number of hydrogen-bond acceptors (Lipinski definition) is 4. The minimum Gasteiger partial charge on any atom is -0.443 e. The average molecular weight is 416 g/mol. The Bertz CT molecular complexity index is 1230. The number of fused-ring (bicyclic) bond motifs is 2. The Morgan fingerprint density at radius 3 is 2.55 bits per heavy atom. The van der Waals surface area contributed by atoms with Gasteiger partial charge in [-0.3, -0.25) is 0 Å². The fraction of sp³-hybridized carbons (Fsp3) is 0.269. The molecule has 5 rings (SSSR count). The minimum absolute atomic E-state index is 0.109. The highest BCUT2D eigenvalue weighted by molar-refractivity contribution is 5.80. The van der Waals surface area contributed by atoms with E-state index in [4.69, 9.17) is 9.15 Å². The van der Waals surface area contributed by atoms with Crippen LogP contribution < -0.4 is 0 Å². The van der Waals surface area contributed by atoms with Crippen molar-refractivity contribution in [3.05, 3.63) is 89.6 Å². The van der Waals surface area contributed by atoms with Crippen molar-refractivity contribution in [2.24, 2.45) is 0 Å². The van der Waals surface area contributed by atoms with Gasteiger partial charge in [-0.1, -0.05) is 37.3 Å². The first-order chi connectivity index (χ1) is 14.9. The van der Waals surface area contributed by atoms with E-state index in [-0.39, 0.29) is 17.3 Å². The minimum atomic E-state index is -0.316. The first kappa shape index (κ1) is 19.9. The van der Waals surface area contributed by atoms with Crippen LogP contribution in [0.4, 0.5) is 4.39 Å². The fourth-order valence-electron chi connectivity index (χ4n) is 4.81. The molecule has 4 nitrogen and oxygen atoms in total. The van der Waals surface area contributed by atoms with Gasteiger partial charge in [0.2, 0.25) is 0 Å². The maximum absolute atomic E-state index is 13.6. The van der Waals surface area contributed by atoms with Gasteiger partial charge in [0.05, 0.1) is 12.7 Å². The van der Waals surface area contributed by atoms with Crippen LogP contribution in [0.1, 0.15) is 29.7 Å². The molecule has 5 heteroatoms. The summed E-state index contributed by atoms with van der Waals surface area (Å²) >= 11 is 0. The molecular formula is C26H25FN2O2. The van der Waals surface area contributed by atoms with Gasteiger partial charge in [-0.05, 0) is 72.2 Å². The van der Waals surface area contributed by atoms with Crippen molar-refractivity contribution in [2.45, 2.75) is 25.0 Å². The van der Waals surface area contributed by atoms with Gasteiger partial charge in [0.15, 0.2) is 12.0 Å². The van der Waals surface area contributed by atoms with Crippen LogP contribution in [0.25, 0.3) is 22.2 Å². The zero-order chi connectivity index (χ0) is 21.6. The van der Waals surface area contributed by atoms with Crippen molar-refractivity contribution in [3.8, 4) is 11.1 Å². The van der Waals surface area contributed by atoms with Crippen LogP contribution in [0.2, 0.25) is 0 Å². The second-order valence-electron chi connectivity index (χ2n) is 8.80. The Labute approximate surface area is 181 Å². The summed E-state index contributed by atoms with van der Waals surface area (Å²) in [6.45, 7) is 3.55. The molecule has 2 heterocycles. The Balaban J connectivity index is 1.53. The van der Waals surface area contributed by atoms with Gasteiger partial charge in [0.1, 0.15) is 11.3 Å². The molecule has 0 aliphatic carbocycles. The number of ether oxygens (including phenoxy) is 1. The molecule has 2 unspecified atom stereocenters. The molecule has 158 valence electrons. The molecule has 0 saturated heterocycles. The summed E-state index contributed by atoms with van der Waals surface area (Å²) in [5.74, 6) is -0.225. The summed E-state index contributed by atoms with van der Waals surface area (Å²) in [7, 11) is 4.11. The summed E-state index contributed by atoms with van der Waals surface area (Å²) in [6, 6.07) is 19.4. The maximum Gasteiger partial charge on any atom is 0.181 e. The van der Waals surface area contributed by atoms with E-state index in [1.54, 1.807) is 0 Å². The number of hydrogen-bond donors (Lipinski definition) is 0. The quantitative estimate of drug-likeness (QED) is 0.417. The maximum atomic E-state index is 13.6. The Morgan fingerprint density at radius 1 is 1.03 bits per heavy atom. The van der Waals surface area contributed by atoms with E-state index in [0.29, 0.717) is 6.61 Å². The summed E-state index contributed by atoms with van der Waals surface area (Å²) in [6.07, 6.45) is 1.36. The molecule has 0 bridgehead atoms. The second kappa shape index (κ2) is 7.59. The third-order valence-electron chi connectivity index (χ3n) is 6.22. The van der Waals surface area contributed by atoms with Crippen LogP contribution in [0.3, 0.4) is 0 Å². The zero-order valence-corrected chi connectivity index (χ0v) is 17.9. The Hall–Kier alpha value is -3.02. The van der Waals surface area contributed by atoms with Crippen LogP contribution in [-0.4, -0.2) is 30.5 Å². The van der Waals surface area contributed by atoms with Crippen molar-refractivity contribution >= 4 is 11.1 Å². The van der Waals surface area contributed by atoms with Crippen molar-refractivity contribution < 1.29 is 13.5 Å². The van der Waals surface area contributed by atoms with E-state index in [2.05, 4.69) is 55.2 Å². The summed E-state index contributed by atoms with van der Waals surface area (Å²) in [4.78, 5) is 6.43. The van der Waals surface area contributed by atoms with Crippen molar-refractivity contribution in [3.63, 3.8) is 0 Å². The standard InChI is InChI=1S/C26H25FN2O2/c1-26(15-29(2)3,20-6-8-21(27)9-7-20)25-22-10-4-17(12-19(22)14-30-25)18-5-11-24-23(13-18)28-16-31-24/h4-13,16,25H,14-15H2,1-3H3. The lowest BCUT2D eigenvalue weighted by Crippen LogP contribution is -2.40. The lowest BCUT2D eigenvalue weighted by Gasteiger charge is -2.38. The van der Waals surface area contributed by atoms with Crippen molar-refractivity contribution in [1.29, 1.82) is 0 Å². The van der Waals surface area contributed by atoms with Crippen molar-refractivity contribution in [2.75, 3.05) is 20.6 Å². The smallest absolute Gasteiger partial charge is 0.181 e. The second-order valence-corrected chi connectivity index (χ2v) is 8.80. The molecule has 2 atom stereocenters. The van der Waals surface area contributed by atoms with Gasteiger partial charge in [-0.2, -0.15) is 0 Å². The molecule has 1 aliphatic heterocycles. The van der Waals surface area contributed by atoms with Gasteiger partial charge in [0, 0.05) is 12.0 Å². The summed E-state index contributed by atoms with van der Waals surface area (Å²) in [5, 5.41) is 0. The first-order valence-corrected chi connectivity index (χ1v) is 10.4. The van der Waals surface area contributed by atoms with Crippen LogP contribution in [0.5, 0.6) is 0 Å². The molecule has 0 N–H and O–H groups in total. The number of nitrogens with zero attached hydrogens (tertiary/aromatic N) is 2. The van der Waals surface area contributed by atoms with Crippen LogP contribution in [0, 0.1) is 5.82 Å². The molecule has 31 heavy (non-hydrogen) atoms. The monoisotopic (exact) mass is 416 g/mol. The number of halogens is 1. The largest absolute Gasteiger partial charge is 0.443 e. The molecule has 4 aromatic rings. The summed E-state index contributed by atoms with van der Waals surface area (Å²) < 4.78 is 25.3. The predicted molar refractivity (Wildman–Crippen MR) is 119 cm³/mol. The van der Waals surface area contributed by atoms with Crippen LogP contribution >= 0.6 is 0 Å². The lowest BCUT2D eigenvalue weighted by atomic mass is 9.74. The Kier molecular flexibility index (Phi) is 4.88. The molecule has 0 spiro atoms. The van der Waals surface area contributed by atoms with Crippen molar-refractivity contribution in [1.82, 2.24) is 9.88 Å². The van der Waals surface area contributed by atoms with Crippen LogP contribution in [0.15, 0.2) is 71.5 Å². The van der Waals surface area contributed by atoms with Gasteiger partial charge >= 0.3 is 0 Å². The third kappa shape index (κ3) is 3.54. The highest BCUT2D eigenvalue weighted by Gasteiger charge is 2.42. The first-order valence-electron chi connectivity index (χ1n) is 10.4.